The van der Waals surface area contributed by atoms with Gasteiger partial charge < -0.3 is 15.4 Å². The molecule has 0 saturated carbocycles. The molecule has 1 saturated heterocycles. The third-order valence-electron chi connectivity index (χ3n) is 3.98. The van der Waals surface area contributed by atoms with Crippen LogP contribution in [0.15, 0.2) is 30.5 Å². The molecule has 1 aliphatic rings. The van der Waals surface area contributed by atoms with Gasteiger partial charge in [-0.05, 0) is 24.1 Å². The van der Waals surface area contributed by atoms with Gasteiger partial charge in [0.05, 0.1) is 0 Å². The van der Waals surface area contributed by atoms with Gasteiger partial charge in [-0.15, -0.1) is 12.4 Å². The lowest BCUT2D eigenvalue weighted by Gasteiger charge is -2.35. The number of hydrogen-bond acceptors (Lipinski definition) is 3. The molecule has 0 radical (unpaired) electrons. The Kier molecular flexibility index (Phi) is 5.43. The van der Waals surface area contributed by atoms with Crippen LogP contribution in [0.3, 0.4) is 0 Å². The third kappa shape index (κ3) is 2.99. The van der Waals surface area contributed by atoms with E-state index in [9.17, 15) is 5.11 Å². The van der Waals surface area contributed by atoms with Gasteiger partial charge in [0.25, 0.3) is 0 Å². The molecule has 0 bridgehead atoms. The number of fused-ring (bicyclic) bond motifs is 1. The number of aliphatic hydroxyl groups is 1. The minimum absolute atomic E-state index is 0. The van der Waals surface area contributed by atoms with Crippen LogP contribution in [0.1, 0.15) is 18.0 Å². The van der Waals surface area contributed by atoms with E-state index in [1.165, 1.54) is 16.5 Å². The van der Waals surface area contributed by atoms with E-state index in [0.717, 1.165) is 32.6 Å². The molecule has 0 aliphatic carbocycles. The van der Waals surface area contributed by atoms with Gasteiger partial charge >= 0.3 is 0 Å². The number of aromatic amines is 1. The van der Waals surface area contributed by atoms with E-state index in [-0.39, 0.29) is 19.0 Å². The van der Waals surface area contributed by atoms with Crippen molar-refractivity contribution in [2.45, 2.75) is 12.5 Å². The van der Waals surface area contributed by atoms with Crippen molar-refractivity contribution in [2.75, 3.05) is 32.8 Å². The molecule has 1 aromatic carbocycles. The minimum Gasteiger partial charge on any atom is -0.396 e. The standard InChI is InChI=1S/C15H21N3O.ClH/c19-11-5-15(18-9-7-16-8-10-18)13-2-1-3-14-12(13)4-6-17-14;/h1-4,6,15-17,19H,5,7-11H2;1H/t15-;/m1./s1. The monoisotopic (exact) mass is 295 g/mol. The highest BCUT2D eigenvalue weighted by atomic mass is 35.5. The van der Waals surface area contributed by atoms with Crippen molar-refractivity contribution in [1.82, 2.24) is 15.2 Å². The normalized spacial score (nSPS) is 17.9. The molecule has 20 heavy (non-hydrogen) atoms. The summed E-state index contributed by atoms with van der Waals surface area (Å²) in [6, 6.07) is 8.84. The lowest BCUT2D eigenvalue weighted by atomic mass is 9.98. The maximum Gasteiger partial charge on any atom is 0.0457 e. The summed E-state index contributed by atoms with van der Waals surface area (Å²) in [5.41, 5.74) is 2.50. The number of hydrogen-bond donors (Lipinski definition) is 3. The fraction of sp³-hybridized carbons (Fsp3) is 0.467. The maximum absolute atomic E-state index is 9.40. The molecular weight excluding hydrogens is 274 g/mol. The van der Waals surface area contributed by atoms with Crippen LogP contribution < -0.4 is 5.32 Å². The molecule has 3 rings (SSSR count). The summed E-state index contributed by atoms with van der Waals surface area (Å²) in [7, 11) is 0. The highest BCUT2D eigenvalue weighted by Gasteiger charge is 2.23. The van der Waals surface area contributed by atoms with Gasteiger partial charge in [0, 0.05) is 55.9 Å². The Morgan fingerprint density at radius 2 is 2.00 bits per heavy atom. The Labute approximate surface area is 125 Å². The molecule has 4 nitrogen and oxygen atoms in total. The van der Waals surface area contributed by atoms with Crippen molar-refractivity contribution in [3.8, 4) is 0 Å². The summed E-state index contributed by atoms with van der Waals surface area (Å²) in [6.45, 7) is 4.39. The maximum atomic E-state index is 9.40. The number of H-pyrrole nitrogens is 1. The molecule has 1 fully saturated rings. The third-order valence-corrected chi connectivity index (χ3v) is 3.98. The first-order chi connectivity index (χ1) is 9.40. The van der Waals surface area contributed by atoms with Crippen LogP contribution in [0.4, 0.5) is 0 Å². The van der Waals surface area contributed by atoms with Gasteiger partial charge in [0.1, 0.15) is 0 Å². The highest BCUT2D eigenvalue weighted by molar-refractivity contribution is 5.85. The number of nitrogens with one attached hydrogen (secondary N) is 2. The van der Waals surface area contributed by atoms with E-state index in [1.807, 2.05) is 6.20 Å². The molecule has 0 spiro atoms. The van der Waals surface area contributed by atoms with Crippen molar-refractivity contribution >= 4 is 23.3 Å². The van der Waals surface area contributed by atoms with Crippen LogP contribution in [-0.2, 0) is 0 Å². The molecule has 1 aromatic heterocycles. The van der Waals surface area contributed by atoms with Gasteiger partial charge in [-0.2, -0.15) is 0 Å². The van der Waals surface area contributed by atoms with Gasteiger partial charge in [-0.25, -0.2) is 0 Å². The number of aliphatic hydroxyl groups excluding tert-OH is 1. The number of rotatable bonds is 4. The highest BCUT2D eigenvalue weighted by Crippen LogP contribution is 2.30. The number of nitrogens with zero attached hydrogens (tertiary/aromatic N) is 1. The second-order valence-corrected chi connectivity index (χ2v) is 5.10. The first-order valence-electron chi connectivity index (χ1n) is 7.02. The number of halogens is 1. The summed E-state index contributed by atoms with van der Waals surface area (Å²) in [4.78, 5) is 5.75. The molecule has 110 valence electrons. The van der Waals surface area contributed by atoms with Gasteiger partial charge in [-0.1, -0.05) is 12.1 Å². The Hall–Kier alpha value is -1.07. The lowest BCUT2D eigenvalue weighted by Crippen LogP contribution is -2.45. The molecule has 1 atom stereocenters. The largest absolute Gasteiger partial charge is 0.396 e. The van der Waals surface area contributed by atoms with Crippen LogP contribution in [0.2, 0.25) is 0 Å². The average Bonchev–Trinajstić information content (AvgIpc) is 2.94. The first kappa shape index (κ1) is 15.3. The average molecular weight is 296 g/mol. The topological polar surface area (TPSA) is 51.3 Å². The predicted octanol–water partition coefficient (Wildman–Crippen LogP) is 1.92. The number of piperazine rings is 1. The molecular formula is C15H22ClN3O. The van der Waals surface area contributed by atoms with E-state index >= 15 is 0 Å². The summed E-state index contributed by atoms with van der Waals surface area (Å²) in [5.74, 6) is 0. The van der Waals surface area contributed by atoms with Crippen molar-refractivity contribution in [3.63, 3.8) is 0 Å². The zero-order valence-corrected chi connectivity index (χ0v) is 12.3. The van der Waals surface area contributed by atoms with Crippen LogP contribution in [0.25, 0.3) is 10.9 Å². The summed E-state index contributed by atoms with van der Waals surface area (Å²) in [6.07, 6.45) is 2.78. The molecule has 2 aromatic rings. The van der Waals surface area contributed by atoms with Gasteiger partial charge in [-0.3, -0.25) is 4.90 Å². The molecule has 1 aliphatic heterocycles. The number of benzene rings is 1. The molecule has 5 heteroatoms. The van der Waals surface area contributed by atoms with Crippen molar-refractivity contribution in [2.24, 2.45) is 0 Å². The van der Waals surface area contributed by atoms with E-state index in [4.69, 9.17) is 0 Å². The van der Waals surface area contributed by atoms with E-state index in [1.54, 1.807) is 0 Å². The van der Waals surface area contributed by atoms with Crippen molar-refractivity contribution < 1.29 is 5.11 Å². The van der Waals surface area contributed by atoms with Crippen LogP contribution in [-0.4, -0.2) is 47.8 Å². The number of aromatic nitrogens is 1. The lowest BCUT2D eigenvalue weighted by molar-refractivity contribution is 0.142. The van der Waals surface area contributed by atoms with Gasteiger partial charge in [0.15, 0.2) is 0 Å². The molecule has 3 N–H and O–H groups in total. The van der Waals surface area contributed by atoms with Crippen LogP contribution in [0.5, 0.6) is 0 Å². The van der Waals surface area contributed by atoms with Crippen LogP contribution in [0, 0.1) is 0 Å². The summed E-state index contributed by atoms with van der Waals surface area (Å²) in [5, 5.41) is 14.1. The van der Waals surface area contributed by atoms with Crippen molar-refractivity contribution in [3.05, 3.63) is 36.0 Å². The fourth-order valence-corrected chi connectivity index (χ4v) is 3.05. The minimum atomic E-state index is 0. The van der Waals surface area contributed by atoms with Gasteiger partial charge in [0.2, 0.25) is 0 Å². The smallest absolute Gasteiger partial charge is 0.0457 e. The SMILES string of the molecule is Cl.OCC[C@H](c1cccc2[nH]ccc12)N1CCNCC1. The van der Waals surface area contributed by atoms with E-state index in [2.05, 4.69) is 39.5 Å². The Bertz CT molecular complexity index is 537. The van der Waals surface area contributed by atoms with E-state index < -0.39 is 0 Å². The summed E-state index contributed by atoms with van der Waals surface area (Å²) >= 11 is 0. The molecule has 2 heterocycles. The second-order valence-electron chi connectivity index (χ2n) is 5.10. The zero-order chi connectivity index (χ0) is 13.1. The Balaban J connectivity index is 0.00000147. The first-order valence-corrected chi connectivity index (χ1v) is 7.02. The zero-order valence-electron chi connectivity index (χ0n) is 11.5. The Morgan fingerprint density at radius 3 is 2.75 bits per heavy atom. The van der Waals surface area contributed by atoms with Crippen molar-refractivity contribution in [1.29, 1.82) is 0 Å². The molecule has 0 amide bonds. The predicted molar refractivity (Wildman–Crippen MR) is 84.4 cm³/mol. The Morgan fingerprint density at radius 1 is 1.20 bits per heavy atom. The molecule has 0 unspecified atom stereocenters. The quantitative estimate of drug-likeness (QED) is 0.808. The fourth-order valence-electron chi connectivity index (χ4n) is 3.05. The van der Waals surface area contributed by atoms with Crippen LogP contribution >= 0.6 is 12.4 Å². The summed E-state index contributed by atoms with van der Waals surface area (Å²) < 4.78 is 0. The second kappa shape index (κ2) is 7.09. The van der Waals surface area contributed by atoms with E-state index in [0.29, 0.717) is 6.04 Å².